The van der Waals surface area contributed by atoms with Gasteiger partial charge in [-0.2, -0.15) is 0 Å². The highest BCUT2D eigenvalue weighted by Crippen LogP contribution is 2.42. The lowest BCUT2D eigenvalue weighted by Crippen LogP contribution is -2.50. The van der Waals surface area contributed by atoms with Gasteiger partial charge in [-0.25, -0.2) is 0 Å². The number of hydrogen-bond acceptors (Lipinski definition) is 3. The predicted octanol–water partition coefficient (Wildman–Crippen LogP) is 3.29. The fraction of sp³-hybridized carbons (Fsp3) is 1.00. The van der Waals surface area contributed by atoms with Gasteiger partial charge in [0.25, 0.3) is 0 Å². The van der Waals surface area contributed by atoms with E-state index in [1.54, 1.807) is 0 Å². The summed E-state index contributed by atoms with van der Waals surface area (Å²) in [5, 5.41) is 3.74. The maximum atomic E-state index is 6.37. The highest BCUT2D eigenvalue weighted by molar-refractivity contribution is 5.06. The van der Waals surface area contributed by atoms with E-state index in [2.05, 4.69) is 58.8 Å². The highest BCUT2D eigenvalue weighted by atomic mass is 16.5. The van der Waals surface area contributed by atoms with Crippen LogP contribution in [0, 0.1) is 5.92 Å². The minimum absolute atomic E-state index is 0.0601. The van der Waals surface area contributed by atoms with Crippen molar-refractivity contribution in [2.24, 2.45) is 5.92 Å². The second-order valence-electron chi connectivity index (χ2n) is 7.46. The zero-order chi connectivity index (χ0) is 15.4. The Labute approximate surface area is 126 Å². The minimum atomic E-state index is -0.0884. The first-order chi connectivity index (χ1) is 9.24. The van der Waals surface area contributed by atoms with Crippen LogP contribution >= 0.6 is 0 Å². The molecule has 1 fully saturated rings. The molecule has 1 aliphatic rings. The third-order valence-corrected chi connectivity index (χ3v) is 4.59. The zero-order valence-corrected chi connectivity index (χ0v) is 14.8. The van der Waals surface area contributed by atoms with Crippen molar-refractivity contribution in [1.29, 1.82) is 0 Å². The molecule has 0 bridgehead atoms. The molecule has 0 radical (unpaired) electrons. The molecule has 0 aromatic rings. The predicted molar refractivity (Wildman–Crippen MR) is 87.2 cm³/mol. The Morgan fingerprint density at radius 2 is 1.70 bits per heavy atom. The first-order valence-corrected chi connectivity index (χ1v) is 8.36. The molecule has 3 heteroatoms. The normalized spacial score (nSPS) is 28.2. The second kappa shape index (κ2) is 7.24. The van der Waals surface area contributed by atoms with Crippen molar-refractivity contribution < 1.29 is 4.74 Å². The average molecular weight is 284 g/mol. The fourth-order valence-corrected chi connectivity index (χ4v) is 3.57. The molecule has 2 unspecified atom stereocenters. The molecule has 0 aromatic carbocycles. The smallest absolute Gasteiger partial charge is 0.0790 e. The number of nitrogens with one attached hydrogen (secondary N) is 1. The van der Waals surface area contributed by atoms with Crippen LogP contribution in [-0.2, 0) is 4.74 Å². The molecule has 0 saturated carbocycles. The summed E-state index contributed by atoms with van der Waals surface area (Å²) in [6, 6.07) is 0.432. The lowest BCUT2D eigenvalue weighted by molar-refractivity contribution is -0.0792. The van der Waals surface area contributed by atoms with Gasteiger partial charge in [0.05, 0.1) is 11.2 Å². The molecule has 1 rings (SSSR count). The van der Waals surface area contributed by atoms with Crippen molar-refractivity contribution in [3.8, 4) is 0 Å². The number of ether oxygens (including phenoxy) is 1. The molecule has 3 nitrogen and oxygen atoms in total. The van der Waals surface area contributed by atoms with Crippen LogP contribution in [0.25, 0.3) is 0 Å². The third-order valence-electron chi connectivity index (χ3n) is 4.59. The second-order valence-corrected chi connectivity index (χ2v) is 7.46. The average Bonchev–Trinajstić information content (AvgIpc) is 2.50. The SMILES string of the molecule is CCCCN(C)CC1C(NCCC)C(C)(C)OC1(C)C. The Bertz CT molecular complexity index is 289. The van der Waals surface area contributed by atoms with Crippen LogP contribution in [0.3, 0.4) is 0 Å². The number of rotatable bonds is 8. The fourth-order valence-electron chi connectivity index (χ4n) is 3.57. The minimum Gasteiger partial charge on any atom is -0.368 e. The molecule has 0 aliphatic carbocycles. The van der Waals surface area contributed by atoms with E-state index in [1.807, 2.05) is 0 Å². The maximum absolute atomic E-state index is 6.37. The standard InChI is InChI=1S/C17H36N2O/c1-8-10-12-19(7)13-14-15(18-11-9-2)17(5,6)20-16(14,3)4/h14-15,18H,8-13H2,1-7H3. The lowest BCUT2D eigenvalue weighted by atomic mass is 9.82. The van der Waals surface area contributed by atoms with Crippen LogP contribution < -0.4 is 5.32 Å². The molecule has 1 N–H and O–H groups in total. The summed E-state index contributed by atoms with van der Waals surface area (Å²) < 4.78 is 6.37. The maximum Gasteiger partial charge on any atom is 0.0790 e. The van der Waals surface area contributed by atoms with E-state index in [-0.39, 0.29) is 11.2 Å². The van der Waals surface area contributed by atoms with Gasteiger partial charge in [0, 0.05) is 18.5 Å². The van der Waals surface area contributed by atoms with Crippen LogP contribution in [0.15, 0.2) is 0 Å². The lowest BCUT2D eigenvalue weighted by Gasteiger charge is -2.33. The summed E-state index contributed by atoms with van der Waals surface area (Å²) in [5.41, 5.74) is -0.148. The van der Waals surface area contributed by atoms with Crippen LogP contribution in [0.4, 0.5) is 0 Å². The van der Waals surface area contributed by atoms with Gasteiger partial charge in [0.15, 0.2) is 0 Å². The molecule has 120 valence electrons. The summed E-state index contributed by atoms with van der Waals surface area (Å²) >= 11 is 0. The van der Waals surface area contributed by atoms with E-state index < -0.39 is 0 Å². The van der Waals surface area contributed by atoms with Crippen molar-refractivity contribution in [3.05, 3.63) is 0 Å². The van der Waals surface area contributed by atoms with E-state index in [1.165, 1.54) is 25.8 Å². The van der Waals surface area contributed by atoms with Crippen LogP contribution in [-0.4, -0.2) is 48.8 Å². The van der Waals surface area contributed by atoms with Gasteiger partial charge in [-0.1, -0.05) is 20.3 Å². The van der Waals surface area contributed by atoms with Crippen molar-refractivity contribution in [2.75, 3.05) is 26.7 Å². The van der Waals surface area contributed by atoms with Gasteiger partial charge in [-0.15, -0.1) is 0 Å². The summed E-state index contributed by atoms with van der Waals surface area (Å²) in [5.74, 6) is 0.533. The molecular formula is C17H36N2O. The molecule has 1 heterocycles. The molecule has 1 saturated heterocycles. The summed E-state index contributed by atoms with van der Waals surface area (Å²) in [7, 11) is 2.24. The van der Waals surface area contributed by atoms with Gasteiger partial charge in [-0.3, -0.25) is 0 Å². The van der Waals surface area contributed by atoms with Crippen LogP contribution in [0.2, 0.25) is 0 Å². The Kier molecular flexibility index (Phi) is 6.49. The molecular weight excluding hydrogens is 248 g/mol. The molecule has 1 aliphatic heterocycles. The van der Waals surface area contributed by atoms with E-state index in [4.69, 9.17) is 4.74 Å². The van der Waals surface area contributed by atoms with Gasteiger partial charge >= 0.3 is 0 Å². The van der Waals surface area contributed by atoms with Crippen molar-refractivity contribution in [3.63, 3.8) is 0 Å². The summed E-state index contributed by atoms with van der Waals surface area (Å²) in [6.45, 7) is 16.8. The largest absolute Gasteiger partial charge is 0.368 e. The van der Waals surface area contributed by atoms with E-state index in [0.29, 0.717) is 12.0 Å². The van der Waals surface area contributed by atoms with E-state index in [0.717, 1.165) is 13.1 Å². The quantitative estimate of drug-likeness (QED) is 0.740. The summed E-state index contributed by atoms with van der Waals surface area (Å²) in [4.78, 5) is 2.47. The number of nitrogens with zero attached hydrogens (tertiary/aromatic N) is 1. The van der Waals surface area contributed by atoms with E-state index in [9.17, 15) is 0 Å². The Morgan fingerprint density at radius 1 is 1.05 bits per heavy atom. The van der Waals surface area contributed by atoms with Crippen molar-refractivity contribution >= 4 is 0 Å². The topological polar surface area (TPSA) is 24.5 Å². The molecule has 0 aromatic heterocycles. The number of unbranched alkanes of at least 4 members (excludes halogenated alkanes) is 1. The molecule has 0 spiro atoms. The zero-order valence-electron chi connectivity index (χ0n) is 14.8. The Balaban J connectivity index is 2.75. The molecule has 2 atom stereocenters. The van der Waals surface area contributed by atoms with Gasteiger partial charge < -0.3 is 15.0 Å². The van der Waals surface area contributed by atoms with Crippen LogP contribution in [0.5, 0.6) is 0 Å². The summed E-state index contributed by atoms with van der Waals surface area (Å²) in [6.07, 6.45) is 3.71. The molecule has 20 heavy (non-hydrogen) atoms. The van der Waals surface area contributed by atoms with Gasteiger partial charge in [0.1, 0.15) is 0 Å². The van der Waals surface area contributed by atoms with Crippen molar-refractivity contribution in [1.82, 2.24) is 10.2 Å². The monoisotopic (exact) mass is 284 g/mol. The van der Waals surface area contributed by atoms with Gasteiger partial charge in [0.2, 0.25) is 0 Å². The van der Waals surface area contributed by atoms with E-state index >= 15 is 0 Å². The van der Waals surface area contributed by atoms with Crippen molar-refractivity contribution in [2.45, 2.75) is 78.0 Å². The molecule has 0 amide bonds. The first kappa shape index (κ1) is 17.9. The Morgan fingerprint density at radius 3 is 2.25 bits per heavy atom. The third kappa shape index (κ3) is 4.44. The number of hydrogen-bond donors (Lipinski definition) is 1. The first-order valence-electron chi connectivity index (χ1n) is 8.36. The van der Waals surface area contributed by atoms with Gasteiger partial charge in [-0.05, 0) is 60.7 Å². The Hall–Kier alpha value is -0.120. The van der Waals surface area contributed by atoms with Crippen LogP contribution in [0.1, 0.15) is 60.8 Å². The highest BCUT2D eigenvalue weighted by Gasteiger charge is 2.53.